The normalized spacial score (nSPS) is 13.8. The van der Waals surface area contributed by atoms with Crippen molar-refractivity contribution >= 4 is 32.7 Å². The summed E-state index contributed by atoms with van der Waals surface area (Å²) in [6, 6.07) is 16.0. The molecule has 0 unspecified atom stereocenters. The summed E-state index contributed by atoms with van der Waals surface area (Å²) in [5, 5.41) is 9.38. The van der Waals surface area contributed by atoms with Crippen molar-refractivity contribution < 1.29 is 39.3 Å². The monoisotopic (exact) mass is 897 g/mol. The third-order valence-corrected chi connectivity index (χ3v) is 9.44. The van der Waals surface area contributed by atoms with E-state index < -0.39 is 19.5 Å². The molecule has 0 bridgehead atoms. The van der Waals surface area contributed by atoms with E-state index in [1.54, 1.807) is 11.4 Å². The summed E-state index contributed by atoms with van der Waals surface area (Å²) in [7, 11) is -0.366. The average molecular weight is 898 g/mol. The Morgan fingerprint density at radius 1 is 0.707 bits per heavy atom. The quantitative estimate of drug-likeness (QED) is 0.167. The van der Waals surface area contributed by atoms with Gasteiger partial charge in [0.2, 0.25) is 0 Å². The van der Waals surface area contributed by atoms with Gasteiger partial charge < -0.3 is 0 Å². The molecule has 0 saturated carbocycles. The number of hydrogen-bond donors (Lipinski definition) is 0. The van der Waals surface area contributed by atoms with Gasteiger partial charge in [-0.2, -0.15) is 5.26 Å². The number of rotatable bonds is 5. The van der Waals surface area contributed by atoms with Crippen LogP contribution in [0.1, 0.15) is 124 Å². The fraction of sp³-hybridized carbons (Fsp3) is 0.581. The molecule has 1 nitrogen and oxygen atoms in total. The second-order valence-electron chi connectivity index (χ2n) is 12.9. The zero-order valence-corrected chi connectivity index (χ0v) is 32.2. The van der Waals surface area contributed by atoms with Gasteiger partial charge in [0, 0.05) is 6.92 Å². The van der Waals surface area contributed by atoms with Gasteiger partial charge in [0.15, 0.2) is 0 Å². The predicted octanol–water partition coefficient (Wildman–Crippen LogP) is 12.1. The van der Waals surface area contributed by atoms with E-state index in [0.717, 1.165) is 0 Å². The first-order chi connectivity index (χ1) is 17.5. The summed E-state index contributed by atoms with van der Waals surface area (Å²) >= 11 is -11.2. The van der Waals surface area contributed by atoms with E-state index in [9.17, 15) is 16.9 Å². The summed E-state index contributed by atoms with van der Waals surface area (Å²) in [5.74, 6) is 1.55. The first kappa shape index (κ1) is 42.6. The summed E-state index contributed by atoms with van der Waals surface area (Å²) in [5.41, 5.74) is 7.46. The molecule has 10 heteroatoms. The molecule has 0 aromatic heterocycles. The SMILES string of the molecule is CC#N.CC(C)c1cc(C(C)C)c(-c2ccccc2P(C(C)(C)C)C(C)(C)C)c(C(C)C)c1.[Au+].[F][Sb-]([F])([F])([F])([F])[F]. The first-order valence-corrected chi connectivity index (χ1v) is 20.6. The molecular weight excluding hydrogens is 850 g/mol. The van der Waals surface area contributed by atoms with Gasteiger partial charge in [-0.3, -0.25) is 0 Å². The molecule has 0 atom stereocenters. The van der Waals surface area contributed by atoms with Gasteiger partial charge in [0.05, 0.1) is 6.07 Å². The van der Waals surface area contributed by atoms with Gasteiger partial charge in [-0.25, -0.2) is 0 Å². The van der Waals surface area contributed by atoms with Crippen molar-refractivity contribution in [3.63, 3.8) is 0 Å². The molecule has 0 heterocycles. The topological polar surface area (TPSA) is 23.8 Å². The third kappa shape index (κ3) is 16.2. The third-order valence-electron chi connectivity index (χ3n) is 5.89. The summed E-state index contributed by atoms with van der Waals surface area (Å²) in [4.78, 5) is 0. The molecule has 0 aliphatic heterocycles. The standard InChI is InChI=1S/C29H45P.C2H3N.Au.6FH.Sb/c1-19(2)22-17-24(20(3)4)27(25(18-22)21(5)6)23-15-13-14-16-26(23)30(28(7,8)9)29(10,11)12;1-2-3;;;;;;;;/h13-21H,1-12H3;1H3;;6*1H;/q;;+1;;;;;;;+5/p-6. The Balaban J connectivity index is 0. The van der Waals surface area contributed by atoms with Crippen LogP contribution >= 0.6 is 7.92 Å². The summed E-state index contributed by atoms with van der Waals surface area (Å²) in [6.07, 6.45) is 0. The Morgan fingerprint density at radius 3 is 1.29 bits per heavy atom. The van der Waals surface area contributed by atoms with Crippen LogP contribution in [0.4, 0.5) is 16.9 Å². The van der Waals surface area contributed by atoms with Crippen molar-refractivity contribution in [2.45, 2.75) is 118 Å². The average Bonchev–Trinajstić information content (AvgIpc) is 2.69. The van der Waals surface area contributed by atoms with Crippen molar-refractivity contribution in [1.29, 1.82) is 5.26 Å². The van der Waals surface area contributed by atoms with E-state index in [1.807, 2.05) is 0 Å². The Hall–Kier alpha value is -0.502. The summed E-state index contributed by atoms with van der Waals surface area (Å²) < 4.78 is 59.6. The van der Waals surface area contributed by atoms with Crippen LogP contribution in [0.5, 0.6) is 0 Å². The minimum absolute atomic E-state index is 0. The second kappa shape index (κ2) is 14.5. The van der Waals surface area contributed by atoms with Gasteiger partial charge in [-0.15, -0.1) is 0 Å². The van der Waals surface area contributed by atoms with Crippen molar-refractivity contribution in [1.82, 2.24) is 0 Å². The van der Waals surface area contributed by atoms with Crippen molar-refractivity contribution in [2.75, 3.05) is 0 Å². The van der Waals surface area contributed by atoms with E-state index in [0.29, 0.717) is 17.8 Å². The van der Waals surface area contributed by atoms with Gasteiger partial charge >= 0.3 is 58.7 Å². The zero-order valence-electron chi connectivity index (χ0n) is 26.6. The van der Waals surface area contributed by atoms with E-state index in [1.165, 1.54) is 34.7 Å². The Kier molecular flexibility index (Phi) is 15.1. The zero-order chi connectivity index (χ0) is 32.1. The number of nitriles is 1. The van der Waals surface area contributed by atoms with Gasteiger partial charge in [0.25, 0.3) is 0 Å². The minimum atomic E-state index is -11.2. The first-order valence-electron chi connectivity index (χ1n) is 13.5. The van der Waals surface area contributed by atoms with Crippen LogP contribution in [0.15, 0.2) is 36.4 Å². The van der Waals surface area contributed by atoms with Crippen molar-refractivity contribution in [3.05, 3.63) is 53.1 Å². The molecule has 0 fully saturated rings. The maximum atomic E-state index is 9.93. The molecule has 0 amide bonds. The van der Waals surface area contributed by atoms with E-state index in [-0.39, 0.29) is 40.6 Å². The van der Waals surface area contributed by atoms with Crippen LogP contribution in [0.3, 0.4) is 0 Å². The molecule has 0 spiro atoms. The Bertz CT molecular complexity index is 1120. The number of benzene rings is 2. The van der Waals surface area contributed by atoms with Crippen LogP contribution in [-0.2, 0) is 22.4 Å². The van der Waals surface area contributed by atoms with Crippen LogP contribution in [0.25, 0.3) is 11.1 Å². The molecule has 41 heavy (non-hydrogen) atoms. The number of hydrogen-bond acceptors (Lipinski definition) is 1. The van der Waals surface area contributed by atoms with Gasteiger partial charge in [-0.1, -0.05) is 127 Å². The Labute approximate surface area is 264 Å². The summed E-state index contributed by atoms with van der Waals surface area (Å²) in [6.45, 7) is 30.0. The van der Waals surface area contributed by atoms with Crippen LogP contribution in [-0.4, -0.2) is 29.8 Å². The van der Waals surface area contributed by atoms with Crippen LogP contribution in [0, 0.1) is 11.3 Å². The number of halogens is 6. The molecule has 0 radical (unpaired) electrons. The van der Waals surface area contributed by atoms with E-state index in [2.05, 4.69) is 119 Å². The maximum absolute atomic E-state index is 11.2. The molecule has 2 aromatic rings. The van der Waals surface area contributed by atoms with Crippen molar-refractivity contribution in [2.24, 2.45) is 0 Å². The molecule has 0 aliphatic carbocycles. The molecule has 0 aliphatic rings. The number of nitrogens with zero attached hydrogens (tertiary/aromatic N) is 1. The molecule has 240 valence electrons. The molecule has 2 rings (SSSR count). The molecular formula is C31H48AuF6NPSb. The fourth-order valence-electron chi connectivity index (χ4n) is 4.88. The van der Waals surface area contributed by atoms with Crippen molar-refractivity contribution in [3.8, 4) is 17.2 Å². The Morgan fingerprint density at radius 2 is 1.02 bits per heavy atom. The van der Waals surface area contributed by atoms with Crippen LogP contribution < -0.4 is 5.30 Å². The predicted molar refractivity (Wildman–Crippen MR) is 164 cm³/mol. The van der Waals surface area contributed by atoms with E-state index in [4.69, 9.17) is 5.26 Å². The second-order valence-corrected chi connectivity index (χ2v) is 22.2. The van der Waals surface area contributed by atoms with E-state index >= 15 is 0 Å². The van der Waals surface area contributed by atoms with Gasteiger partial charge in [0.1, 0.15) is 0 Å². The van der Waals surface area contributed by atoms with Gasteiger partial charge in [-0.05, 0) is 61.2 Å². The fourth-order valence-corrected chi connectivity index (χ4v) is 9.00. The van der Waals surface area contributed by atoms with Crippen LogP contribution in [0.2, 0.25) is 0 Å². The molecule has 0 saturated heterocycles. The molecule has 2 aromatic carbocycles. The molecule has 0 N–H and O–H groups in total.